The first kappa shape index (κ1) is 40.8. The summed E-state index contributed by atoms with van der Waals surface area (Å²) in [5.74, 6) is -2.67. The molecule has 3 atom stereocenters. The number of morpholine rings is 1. The number of nitrogens with zero attached hydrogens (tertiary/aromatic N) is 4. The highest BCUT2D eigenvalue weighted by atomic mass is 35.7. The zero-order valence-corrected chi connectivity index (χ0v) is 31.5. The van der Waals surface area contributed by atoms with Crippen LogP contribution in [0.1, 0.15) is 41.8 Å². The summed E-state index contributed by atoms with van der Waals surface area (Å²) in [5.41, 5.74) is 1.30. The monoisotopic (exact) mass is 788 g/mol. The Bertz CT molecular complexity index is 1910. The lowest BCUT2D eigenvalue weighted by molar-refractivity contribution is -0.173. The summed E-state index contributed by atoms with van der Waals surface area (Å²) in [7, 11) is 3.04. The van der Waals surface area contributed by atoms with Crippen molar-refractivity contribution < 1.29 is 36.6 Å². The van der Waals surface area contributed by atoms with Gasteiger partial charge in [0.1, 0.15) is 5.82 Å². The van der Waals surface area contributed by atoms with E-state index in [4.69, 9.17) is 20.5 Å². The molecule has 1 fully saturated rings. The Morgan fingerprint density at radius 3 is 1.98 bits per heavy atom. The topological polar surface area (TPSA) is 135 Å². The predicted octanol–water partition coefficient (Wildman–Crippen LogP) is 5.93. The van der Waals surface area contributed by atoms with E-state index in [-0.39, 0.29) is 44.9 Å². The summed E-state index contributed by atoms with van der Waals surface area (Å²) < 4.78 is 66.3. The number of rotatable bonds is 14. The van der Waals surface area contributed by atoms with Crippen LogP contribution in [0.2, 0.25) is 0 Å². The molecule has 3 aromatic carbocycles. The van der Waals surface area contributed by atoms with Crippen LogP contribution in [-0.2, 0) is 35.4 Å². The van der Waals surface area contributed by atoms with Crippen LogP contribution in [-0.4, -0.2) is 83.6 Å². The van der Waals surface area contributed by atoms with Crippen LogP contribution in [0.4, 0.5) is 19.0 Å². The Balaban J connectivity index is 1.63. The van der Waals surface area contributed by atoms with Crippen LogP contribution in [0, 0.1) is 0 Å². The predicted molar refractivity (Wildman–Crippen MR) is 198 cm³/mol. The molecule has 0 spiro atoms. The minimum Gasteiger partial charge on any atom is -0.350 e. The molecule has 1 aromatic heterocycles. The van der Waals surface area contributed by atoms with Gasteiger partial charge in [0.2, 0.25) is 5.91 Å². The molecule has 288 valence electrons. The molecule has 17 heteroatoms. The third-order valence-corrected chi connectivity index (χ3v) is 11.5. The first-order valence-corrected chi connectivity index (χ1v) is 19.5. The van der Waals surface area contributed by atoms with Crippen LogP contribution < -0.4 is 16.3 Å². The lowest BCUT2D eigenvalue weighted by atomic mass is 9.75. The van der Waals surface area contributed by atoms with Crippen molar-refractivity contribution in [2.24, 2.45) is 0 Å². The molecule has 2 amide bonds. The highest BCUT2D eigenvalue weighted by Gasteiger charge is 2.47. The lowest BCUT2D eigenvalue weighted by Crippen LogP contribution is -2.58. The van der Waals surface area contributed by atoms with Gasteiger partial charge in [-0.1, -0.05) is 91.0 Å². The third kappa shape index (κ3) is 9.46. The fourth-order valence-corrected chi connectivity index (χ4v) is 7.22. The summed E-state index contributed by atoms with van der Waals surface area (Å²) in [6.45, 7) is -2.75. The Morgan fingerprint density at radius 1 is 0.963 bits per heavy atom. The maximum Gasteiger partial charge on any atom is 0.471 e. The molecular formula is C37H41ClF3N6O6P. The van der Waals surface area contributed by atoms with E-state index in [0.29, 0.717) is 5.56 Å². The molecule has 54 heavy (non-hydrogen) atoms. The molecule has 5 rings (SSSR count). The number of carbonyl (C=O) groups is 2. The zero-order valence-electron chi connectivity index (χ0n) is 29.8. The van der Waals surface area contributed by atoms with E-state index in [0.717, 1.165) is 16.7 Å². The average molecular weight is 789 g/mol. The number of alkyl halides is 3. The number of carbonyl (C=O) groups excluding carboxylic acids is 2. The van der Waals surface area contributed by atoms with Crippen LogP contribution >= 0.6 is 18.1 Å². The Morgan fingerprint density at radius 2 is 1.50 bits per heavy atom. The van der Waals surface area contributed by atoms with E-state index in [1.165, 1.54) is 36.5 Å². The Hall–Kier alpha value is -4.37. The first-order valence-electron chi connectivity index (χ1n) is 17.1. The number of hydrogen-bond donors (Lipinski definition) is 2. The third-order valence-electron chi connectivity index (χ3n) is 8.89. The molecule has 1 aliphatic rings. The minimum atomic E-state index is -5.04. The van der Waals surface area contributed by atoms with Crippen LogP contribution in [0.5, 0.6) is 0 Å². The van der Waals surface area contributed by atoms with Gasteiger partial charge in [0, 0.05) is 38.3 Å². The SMILES string of the molecule is CC(=O)Nc1nc(=O)n(C2CN(C(c3ccccc3)(c3ccccc3)c3ccccc3)CC(COP(=O)(Cl)N(C)C)O2)cc1CCCNC(=O)C(F)(F)F. The summed E-state index contributed by atoms with van der Waals surface area (Å²) in [6, 6.07) is 29.5. The van der Waals surface area contributed by atoms with E-state index < -0.39 is 48.4 Å². The van der Waals surface area contributed by atoms with Gasteiger partial charge >= 0.3 is 24.6 Å². The lowest BCUT2D eigenvalue weighted by Gasteiger charge is -2.50. The molecule has 0 bridgehead atoms. The van der Waals surface area contributed by atoms with Crippen LogP contribution in [0.25, 0.3) is 0 Å². The van der Waals surface area contributed by atoms with Crippen molar-refractivity contribution in [2.75, 3.05) is 45.7 Å². The number of hydrogen-bond acceptors (Lipinski definition) is 8. The summed E-state index contributed by atoms with van der Waals surface area (Å²) in [4.78, 5) is 43.6. The van der Waals surface area contributed by atoms with E-state index in [2.05, 4.69) is 15.2 Å². The zero-order chi connectivity index (χ0) is 39.1. The second-order valence-corrected chi connectivity index (χ2v) is 16.1. The number of halogens is 4. The quantitative estimate of drug-likeness (QED) is 0.0906. The number of aromatic nitrogens is 2. The molecule has 0 saturated carbocycles. The van der Waals surface area contributed by atoms with Crippen molar-refractivity contribution >= 4 is 35.7 Å². The summed E-state index contributed by atoms with van der Waals surface area (Å²) in [5, 5.41) is 4.35. The maximum absolute atomic E-state index is 13.8. The molecule has 4 aromatic rings. The van der Waals surface area contributed by atoms with Crippen molar-refractivity contribution in [1.82, 2.24) is 24.4 Å². The molecule has 1 saturated heterocycles. The molecule has 2 heterocycles. The fraction of sp³-hybridized carbons (Fsp3) is 0.351. The Labute approximate surface area is 315 Å². The number of amides is 2. The number of ether oxygens (including phenoxy) is 1. The van der Waals surface area contributed by atoms with E-state index in [9.17, 15) is 32.1 Å². The fourth-order valence-electron chi connectivity index (χ4n) is 6.47. The standard InChI is InChI=1S/C37H41ClF3N6O6P/c1-26(48)43-33-27(14-13-21-42-34(49)37(39,40)41)22-47(35(50)44-33)32-24-46(23-31(53-32)25-52-54(38,51)45(2)3)36(28-15-7-4-8-16-28,29-17-9-5-10-18-29)30-19-11-6-12-20-30/h4-12,15-20,22,31-32H,13-14,21,23-25H2,1-3H3,(H,42,49)(H,43,44,48,50). The number of benzene rings is 3. The van der Waals surface area contributed by atoms with Gasteiger partial charge in [0.15, 0.2) is 6.23 Å². The molecular weight excluding hydrogens is 748 g/mol. The van der Waals surface area contributed by atoms with Gasteiger partial charge in [-0.25, -0.2) is 9.46 Å². The molecule has 1 aliphatic heterocycles. The Kier molecular flexibility index (Phi) is 13.1. The number of aryl methyl sites for hydroxylation is 1. The molecule has 12 nitrogen and oxygen atoms in total. The summed E-state index contributed by atoms with van der Waals surface area (Å²) >= 11 is 6.27. The van der Waals surface area contributed by atoms with E-state index in [1.54, 1.807) is 0 Å². The second kappa shape index (κ2) is 17.4. The highest BCUT2D eigenvalue weighted by Crippen LogP contribution is 2.54. The van der Waals surface area contributed by atoms with Crippen molar-refractivity contribution in [3.05, 3.63) is 130 Å². The van der Waals surface area contributed by atoms with Crippen molar-refractivity contribution in [1.29, 1.82) is 0 Å². The van der Waals surface area contributed by atoms with Crippen LogP contribution in [0.15, 0.2) is 102 Å². The van der Waals surface area contributed by atoms with Crippen molar-refractivity contribution in [3.63, 3.8) is 0 Å². The smallest absolute Gasteiger partial charge is 0.350 e. The van der Waals surface area contributed by atoms with Gasteiger partial charge < -0.3 is 19.9 Å². The van der Waals surface area contributed by atoms with Gasteiger partial charge in [-0.15, -0.1) is 0 Å². The largest absolute Gasteiger partial charge is 0.471 e. The highest BCUT2D eigenvalue weighted by molar-refractivity contribution is 7.83. The van der Waals surface area contributed by atoms with Gasteiger partial charge in [0.25, 0.3) is 0 Å². The first-order chi connectivity index (χ1) is 25.6. The normalized spacial score (nSPS) is 17.9. The van der Waals surface area contributed by atoms with Crippen molar-refractivity contribution in [3.8, 4) is 0 Å². The van der Waals surface area contributed by atoms with E-state index >= 15 is 0 Å². The summed E-state index contributed by atoms with van der Waals surface area (Å²) in [6.07, 6.45) is -5.40. The second-order valence-electron chi connectivity index (χ2n) is 12.9. The van der Waals surface area contributed by atoms with Gasteiger partial charge in [0.05, 0.1) is 18.2 Å². The van der Waals surface area contributed by atoms with Gasteiger partial charge in [-0.2, -0.15) is 18.2 Å². The van der Waals surface area contributed by atoms with E-state index in [1.807, 2.05) is 96.3 Å². The number of anilines is 1. The molecule has 0 radical (unpaired) electrons. The maximum atomic E-state index is 13.8. The van der Waals surface area contributed by atoms with Crippen LogP contribution in [0.3, 0.4) is 0 Å². The van der Waals surface area contributed by atoms with Crippen molar-refractivity contribution in [2.45, 2.75) is 43.8 Å². The molecule has 0 aliphatic carbocycles. The molecule has 3 unspecified atom stereocenters. The molecule has 2 N–H and O–H groups in total. The van der Waals surface area contributed by atoms with Gasteiger partial charge in [-0.05, 0) is 54.9 Å². The van der Waals surface area contributed by atoms with Gasteiger partial charge in [-0.3, -0.25) is 23.6 Å². The minimum absolute atomic E-state index is 0.0249. The average Bonchev–Trinajstić information content (AvgIpc) is 3.14. The number of nitrogens with one attached hydrogen (secondary N) is 2.